The molecule has 0 unspecified atom stereocenters. The standard InChI is InChI=1S/C15H19FN2O3/c1-9-2-7-13(12(16)8-9)18-15(21)17-11-5-3-10(4-6-11)14(19)20/h2,7-8,10-11H,3-6H2,1H3,(H,19,20)(H2,17,18,21). The number of benzene rings is 1. The molecule has 0 aliphatic heterocycles. The predicted molar refractivity (Wildman–Crippen MR) is 76.7 cm³/mol. The van der Waals surface area contributed by atoms with Crippen LogP contribution in [0.15, 0.2) is 18.2 Å². The number of carbonyl (C=O) groups is 2. The molecule has 0 radical (unpaired) electrons. The molecule has 0 atom stereocenters. The molecule has 1 fully saturated rings. The summed E-state index contributed by atoms with van der Waals surface area (Å²) in [7, 11) is 0. The molecule has 1 aromatic carbocycles. The van der Waals surface area contributed by atoms with Crippen molar-refractivity contribution in [1.29, 1.82) is 0 Å². The fraction of sp³-hybridized carbons (Fsp3) is 0.467. The number of halogens is 1. The first kappa shape index (κ1) is 15.3. The number of anilines is 1. The number of aryl methyl sites for hydroxylation is 1. The lowest BCUT2D eigenvalue weighted by atomic mass is 9.86. The first-order valence-electron chi connectivity index (χ1n) is 7.02. The van der Waals surface area contributed by atoms with E-state index in [1.54, 1.807) is 13.0 Å². The van der Waals surface area contributed by atoms with Gasteiger partial charge in [-0.1, -0.05) is 6.07 Å². The molecule has 114 valence electrons. The second-order valence-corrected chi connectivity index (χ2v) is 5.47. The molecular formula is C15H19FN2O3. The Bertz CT molecular complexity index is 540. The summed E-state index contributed by atoms with van der Waals surface area (Å²) in [5, 5.41) is 14.1. The molecule has 0 aromatic heterocycles. The van der Waals surface area contributed by atoms with E-state index in [4.69, 9.17) is 5.11 Å². The van der Waals surface area contributed by atoms with E-state index in [2.05, 4.69) is 10.6 Å². The van der Waals surface area contributed by atoms with Gasteiger partial charge >= 0.3 is 12.0 Å². The quantitative estimate of drug-likeness (QED) is 0.802. The topological polar surface area (TPSA) is 78.4 Å². The first-order chi connectivity index (χ1) is 9.95. The molecule has 1 aliphatic carbocycles. The van der Waals surface area contributed by atoms with Crippen molar-refractivity contribution in [2.45, 2.75) is 38.6 Å². The second-order valence-electron chi connectivity index (χ2n) is 5.47. The molecule has 3 N–H and O–H groups in total. The molecular weight excluding hydrogens is 275 g/mol. The number of amides is 2. The van der Waals surface area contributed by atoms with Crippen molar-refractivity contribution in [3.63, 3.8) is 0 Å². The zero-order valence-corrected chi connectivity index (χ0v) is 11.9. The van der Waals surface area contributed by atoms with Crippen LogP contribution in [-0.4, -0.2) is 23.1 Å². The number of carboxylic acid groups (broad SMARTS) is 1. The Morgan fingerprint density at radius 1 is 1.24 bits per heavy atom. The fourth-order valence-corrected chi connectivity index (χ4v) is 2.55. The Hall–Kier alpha value is -2.11. The number of hydrogen-bond donors (Lipinski definition) is 3. The van der Waals surface area contributed by atoms with Crippen molar-refractivity contribution in [3.8, 4) is 0 Å². The molecule has 0 saturated heterocycles. The summed E-state index contributed by atoms with van der Waals surface area (Å²) in [5.74, 6) is -1.57. The van der Waals surface area contributed by atoms with Crippen molar-refractivity contribution in [1.82, 2.24) is 5.32 Å². The minimum atomic E-state index is -0.778. The second kappa shape index (κ2) is 6.56. The number of aliphatic carboxylic acids is 1. The number of carbonyl (C=O) groups excluding carboxylic acids is 1. The third-order valence-corrected chi connectivity index (χ3v) is 3.78. The third kappa shape index (κ3) is 4.18. The van der Waals surface area contributed by atoms with Crippen molar-refractivity contribution in [2.75, 3.05) is 5.32 Å². The van der Waals surface area contributed by atoms with E-state index in [1.807, 2.05) is 0 Å². The lowest BCUT2D eigenvalue weighted by molar-refractivity contribution is -0.142. The molecule has 21 heavy (non-hydrogen) atoms. The number of rotatable bonds is 3. The summed E-state index contributed by atoms with van der Waals surface area (Å²) in [6.07, 6.45) is 2.36. The SMILES string of the molecule is Cc1ccc(NC(=O)NC2CCC(C(=O)O)CC2)c(F)c1. The van der Waals surface area contributed by atoms with Crippen LogP contribution in [0.5, 0.6) is 0 Å². The van der Waals surface area contributed by atoms with Crippen LogP contribution in [0.4, 0.5) is 14.9 Å². The summed E-state index contributed by atoms with van der Waals surface area (Å²) in [4.78, 5) is 22.7. The zero-order chi connectivity index (χ0) is 15.4. The normalized spacial score (nSPS) is 21.6. The number of urea groups is 1. The highest BCUT2D eigenvalue weighted by Gasteiger charge is 2.26. The van der Waals surface area contributed by atoms with Gasteiger partial charge in [0.25, 0.3) is 0 Å². The van der Waals surface area contributed by atoms with Gasteiger partial charge in [-0.05, 0) is 50.3 Å². The van der Waals surface area contributed by atoms with E-state index >= 15 is 0 Å². The van der Waals surface area contributed by atoms with E-state index in [-0.39, 0.29) is 17.6 Å². The summed E-state index contributed by atoms with van der Waals surface area (Å²) in [5.41, 5.74) is 0.919. The molecule has 2 amide bonds. The maximum Gasteiger partial charge on any atom is 0.319 e. The van der Waals surface area contributed by atoms with E-state index in [0.717, 1.165) is 5.56 Å². The van der Waals surface area contributed by atoms with Crippen LogP contribution in [0.3, 0.4) is 0 Å². The van der Waals surface area contributed by atoms with Crippen LogP contribution >= 0.6 is 0 Å². The van der Waals surface area contributed by atoms with Crippen molar-refractivity contribution in [3.05, 3.63) is 29.6 Å². The van der Waals surface area contributed by atoms with Gasteiger partial charge < -0.3 is 15.7 Å². The maximum absolute atomic E-state index is 13.6. The van der Waals surface area contributed by atoms with Crippen molar-refractivity contribution in [2.24, 2.45) is 5.92 Å². The Morgan fingerprint density at radius 2 is 1.90 bits per heavy atom. The van der Waals surface area contributed by atoms with Gasteiger partial charge in [-0.2, -0.15) is 0 Å². The van der Waals surface area contributed by atoms with E-state index in [1.165, 1.54) is 12.1 Å². The number of hydrogen-bond acceptors (Lipinski definition) is 2. The molecule has 0 spiro atoms. The van der Waals surface area contributed by atoms with Crippen LogP contribution in [-0.2, 0) is 4.79 Å². The van der Waals surface area contributed by atoms with Gasteiger partial charge in [0.1, 0.15) is 5.82 Å². The molecule has 5 nitrogen and oxygen atoms in total. The van der Waals surface area contributed by atoms with Crippen LogP contribution < -0.4 is 10.6 Å². The fourth-order valence-electron chi connectivity index (χ4n) is 2.55. The van der Waals surface area contributed by atoms with Crippen LogP contribution in [0.2, 0.25) is 0 Å². The zero-order valence-electron chi connectivity index (χ0n) is 11.9. The molecule has 0 bridgehead atoms. The smallest absolute Gasteiger partial charge is 0.319 e. The predicted octanol–water partition coefficient (Wildman–Crippen LogP) is 2.90. The summed E-state index contributed by atoms with van der Waals surface area (Å²) >= 11 is 0. The van der Waals surface area contributed by atoms with Gasteiger partial charge in [0.15, 0.2) is 0 Å². The largest absolute Gasteiger partial charge is 0.481 e. The molecule has 0 heterocycles. The Labute approximate surface area is 122 Å². The molecule has 1 saturated carbocycles. The average molecular weight is 294 g/mol. The highest BCUT2D eigenvalue weighted by molar-refractivity contribution is 5.89. The highest BCUT2D eigenvalue weighted by atomic mass is 19.1. The molecule has 1 aliphatic rings. The van der Waals surface area contributed by atoms with Crippen LogP contribution in [0.25, 0.3) is 0 Å². The maximum atomic E-state index is 13.6. The van der Waals surface area contributed by atoms with Gasteiger partial charge in [0.2, 0.25) is 0 Å². The van der Waals surface area contributed by atoms with Gasteiger partial charge in [0.05, 0.1) is 11.6 Å². The first-order valence-corrected chi connectivity index (χ1v) is 7.02. The average Bonchev–Trinajstić information content (AvgIpc) is 2.42. The lowest BCUT2D eigenvalue weighted by Gasteiger charge is -2.26. The van der Waals surface area contributed by atoms with E-state index in [0.29, 0.717) is 25.7 Å². The van der Waals surface area contributed by atoms with Gasteiger partial charge in [-0.15, -0.1) is 0 Å². The van der Waals surface area contributed by atoms with Gasteiger partial charge in [0, 0.05) is 6.04 Å². The molecule has 1 aromatic rings. The lowest BCUT2D eigenvalue weighted by Crippen LogP contribution is -2.41. The Morgan fingerprint density at radius 3 is 2.48 bits per heavy atom. The Kier molecular flexibility index (Phi) is 4.77. The van der Waals surface area contributed by atoms with Crippen molar-refractivity contribution >= 4 is 17.7 Å². The van der Waals surface area contributed by atoms with Gasteiger partial charge in [-0.3, -0.25) is 4.79 Å². The van der Waals surface area contributed by atoms with Gasteiger partial charge in [-0.25, -0.2) is 9.18 Å². The van der Waals surface area contributed by atoms with E-state index in [9.17, 15) is 14.0 Å². The monoisotopic (exact) mass is 294 g/mol. The highest BCUT2D eigenvalue weighted by Crippen LogP contribution is 2.24. The minimum Gasteiger partial charge on any atom is -0.481 e. The van der Waals surface area contributed by atoms with Crippen molar-refractivity contribution < 1.29 is 19.1 Å². The Balaban J connectivity index is 1.84. The van der Waals surface area contributed by atoms with E-state index < -0.39 is 17.8 Å². The summed E-state index contributed by atoms with van der Waals surface area (Å²) in [6, 6.07) is 4.07. The number of nitrogens with one attached hydrogen (secondary N) is 2. The number of carboxylic acids is 1. The summed E-state index contributed by atoms with van der Waals surface area (Å²) < 4.78 is 13.6. The molecule has 2 rings (SSSR count). The third-order valence-electron chi connectivity index (χ3n) is 3.78. The van der Waals surface area contributed by atoms with Crippen LogP contribution in [0.1, 0.15) is 31.2 Å². The van der Waals surface area contributed by atoms with Crippen LogP contribution in [0, 0.1) is 18.7 Å². The summed E-state index contributed by atoms with van der Waals surface area (Å²) in [6.45, 7) is 1.77. The molecule has 6 heteroatoms. The minimum absolute atomic E-state index is 0.0610.